The summed E-state index contributed by atoms with van der Waals surface area (Å²) in [5, 5.41) is 0. The van der Waals surface area contributed by atoms with Crippen LogP contribution in [0.25, 0.3) is 0 Å². The van der Waals surface area contributed by atoms with Gasteiger partial charge in [0.1, 0.15) is 11.5 Å². The topological polar surface area (TPSA) is 96.0 Å². The predicted molar refractivity (Wildman–Crippen MR) is 91.5 cm³/mol. The summed E-state index contributed by atoms with van der Waals surface area (Å²) in [5.41, 5.74) is 2.73. The van der Waals surface area contributed by atoms with Gasteiger partial charge in [0.25, 0.3) is 10.0 Å². The number of sulfonamides is 1. The number of esters is 1. The number of rotatable bonds is 6. The molecule has 1 aliphatic heterocycles. The largest absolute Gasteiger partial charge is 0.460 e. The highest BCUT2D eigenvalue weighted by molar-refractivity contribution is 7.89. The van der Waals surface area contributed by atoms with Gasteiger partial charge in [0.2, 0.25) is 0 Å². The van der Waals surface area contributed by atoms with E-state index in [4.69, 9.17) is 4.74 Å². The molecule has 1 aliphatic rings. The molecule has 0 aliphatic carbocycles. The fraction of sp³-hybridized carbons (Fsp3) is 0.500. The lowest BCUT2D eigenvalue weighted by molar-refractivity contribution is -0.154. The van der Waals surface area contributed by atoms with E-state index >= 15 is 0 Å². The fourth-order valence-electron chi connectivity index (χ4n) is 2.29. The third-order valence-electron chi connectivity index (χ3n) is 3.26. The quantitative estimate of drug-likeness (QED) is 0.763. The van der Waals surface area contributed by atoms with Crippen molar-refractivity contribution in [3.05, 3.63) is 35.9 Å². The highest BCUT2D eigenvalue weighted by Gasteiger charge is 2.41. The van der Waals surface area contributed by atoms with E-state index in [1.807, 2.05) is 30.3 Å². The average molecular weight is 369 g/mol. The van der Waals surface area contributed by atoms with Crippen molar-refractivity contribution in [3.63, 3.8) is 0 Å². The molecule has 1 heterocycles. The average Bonchev–Trinajstić information content (AvgIpc) is 2.69. The number of hydrogen-bond acceptors (Lipinski definition) is 6. The van der Waals surface area contributed by atoms with Crippen molar-refractivity contribution in [1.29, 1.82) is 0 Å². The summed E-state index contributed by atoms with van der Waals surface area (Å²) in [6.07, 6.45) is -0.0464. The Bertz CT molecular complexity index is 728. The number of hydrazine groups is 1. The van der Waals surface area contributed by atoms with Gasteiger partial charge in [-0.3, -0.25) is 4.79 Å². The molecular weight excluding hydrogens is 346 g/mol. The summed E-state index contributed by atoms with van der Waals surface area (Å²) in [4.78, 5) is 25.2. The van der Waals surface area contributed by atoms with Gasteiger partial charge in [0, 0.05) is 13.1 Å². The van der Waals surface area contributed by atoms with E-state index < -0.39 is 33.5 Å². The summed E-state index contributed by atoms with van der Waals surface area (Å²) in [7, 11) is -3.79. The van der Waals surface area contributed by atoms with Crippen LogP contribution in [0.2, 0.25) is 0 Å². The van der Waals surface area contributed by atoms with Gasteiger partial charge in [-0.2, -0.15) is 0 Å². The van der Waals surface area contributed by atoms with Gasteiger partial charge in [-0.05, 0) is 26.3 Å². The SMILES string of the molecule is CC(C)(C)OC(=O)CCNN1C(=O)N(Cc2ccccc2)CS1(=O)=O. The molecule has 2 amide bonds. The lowest BCUT2D eigenvalue weighted by atomic mass is 10.2. The van der Waals surface area contributed by atoms with E-state index in [1.54, 1.807) is 20.8 Å². The van der Waals surface area contributed by atoms with E-state index in [2.05, 4.69) is 5.43 Å². The highest BCUT2D eigenvalue weighted by Crippen LogP contribution is 2.18. The summed E-state index contributed by atoms with van der Waals surface area (Å²) >= 11 is 0. The Hall–Kier alpha value is -2.13. The molecule has 1 fully saturated rings. The number of ether oxygens (including phenoxy) is 1. The van der Waals surface area contributed by atoms with Crippen LogP contribution in [0.5, 0.6) is 0 Å². The maximum Gasteiger partial charge on any atom is 0.349 e. The number of nitrogens with zero attached hydrogens (tertiary/aromatic N) is 2. The standard InChI is InChI=1S/C16H23N3O5S/c1-16(2,3)24-14(20)9-10-17-19-15(21)18(12-25(19,22)23)11-13-7-5-4-6-8-13/h4-8,17H,9-12H2,1-3H3. The normalized spacial score (nSPS) is 17.0. The third-order valence-corrected chi connectivity index (χ3v) is 4.74. The Morgan fingerprint density at radius 1 is 1.24 bits per heavy atom. The molecule has 0 aromatic heterocycles. The number of carbonyl (C=O) groups is 2. The van der Waals surface area contributed by atoms with E-state index in [1.165, 1.54) is 4.90 Å². The lowest BCUT2D eigenvalue weighted by Gasteiger charge is -2.20. The monoisotopic (exact) mass is 369 g/mol. The molecule has 0 bridgehead atoms. The lowest BCUT2D eigenvalue weighted by Crippen LogP contribution is -2.44. The Balaban J connectivity index is 1.92. The summed E-state index contributed by atoms with van der Waals surface area (Å²) < 4.78 is 30.1. The number of amides is 2. The molecule has 9 heteroatoms. The van der Waals surface area contributed by atoms with Crippen LogP contribution < -0.4 is 5.43 Å². The van der Waals surface area contributed by atoms with Gasteiger partial charge in [-0.25, -0.2) is 18.6 Å². The van der Waals surface area contributed by atoms with Crippen molar-refractivity contribution in [3.8, 4) is 0 Å². The van der Waals surface area contributed by atoms with Gasteiger partial charge in [0.05, 0.1) is 6.42 Å². The number of benzene rings is 1. The molecule has 0 unspecified atom stereocenters. The van der Waals surface area contributed by atoms with E-state index in [0.717, 1.165) is 5.56 Å². The molecule has 0 saturated carbocycles. The highest BCUT2D eigenvalue weighted by atomic mass is 32.2. The molecule has 0 radical (unpaired) electrons. The van der Waals surface area contributed by atoms with Crippen LogP contribution in [-0.4, -0.2) is 47.8 Å². The number of urea groups is 1. The van der Waals surface area contributed by atoms with E-state index in [-0.39, 0.29) is 19.5 Å². The Kier molecular flexibility index (Phi) is 5.69. The molecule has 8 nitrogen and oxygen atoms in total. The molecule has 2 rings (SSSR count). The van der Waals surface area contributed by atoms with Crippen molar-refractivity contribution >= 4 is 22.0 Å². The molecule has 1 aromatic rings. The van der Waals surface area contributed by atoms with Crippen LogP contribution in [0.1, 0.15) is 32.8 Å². The maximum absolute atomic E-state index is 12.3. The third kappa shape index (κ3) is 5.43. The molecule has 25 heavy (non-hydrogen) atoms. The Morgan fingerprint density at radius 2 is 1.88 bits per heavy atom. The van der Waals surface area contributed by atoms with Crippen molar-refractivity contribution < 1.29 is 22.7 Å². The van der Waals surface area contributed by atoms with Gasteiger partial charge in [0.15, 0.2) is 0 Å². The second-order valence-corrected chi connectivity index (χ2v) is 8.50. The first-order valence-corrected chi connectivity index (χ1v) is 9.50. The van der Waals surface area contributed by atoms with Crippen molar-refractivity contribution in [1.82, 2.24) is 14.7 Å². The molecule has 0 atom stereocenters. The van der Waals surface area contributed by atoms with Gasteiger partial charge in [-0.15, -0.1) is 4.41 Å². The second-order valence-electron chi connectivity index (χ2n) is 6.72. The van der Waals surface area contributed by atoms with Gasteiger partial charge < -0.3 is 9.64 Å². The first kappa shape index (κ1) is 19.2. The maximum atomic E-state index is 12.3. The van der Waals surface area contributed by atoms with Crippen LogP contribution in [-0.2, 0) is 26.1 Å². The number of nitrogens with one attached hydrogen (secondary N) is 1. The predicted octanol–water partition coefficient (Wildman–Crippen LogP) is 1.45. The Labute approximate surface area is 147 Å². The van der Waals surface area contributed by atoms with Crippen molar-refractivity contribution in [2.45, 2.75) is 39.3 Å². The van der Waals surface area contributed by atoms with Crippen LogP contribution in [0.15, 0.2) is 30.3 Å². The molecule has 0 spiro atoms. The zero-order valence-electron chi connectivity index (χ0n) is 14.6. The first-order valence-electron chi connectivity index (χ1n) is 7.90. The van der Waals surface area contributed by atoms with Crippen LogP contribution in [0, 0.1) is 0 Å². The van der Waals surface area contributed by atoms with E-state index in [9.17, 15) is 18.0 Å². The zero-order valence-corrected chi connectivity index (χ0v) is 15.4. The van der Waals surface area contributed by atoms with Crippen molar-refractivity contribution in [2.24, 2.45) is 0 Å². The van der Waals surface area contributed by atoms with Crippen molar-refractivity contribution in [2.75, 3.05) is 12.4 Å². The van der Waals surface area contributed by atoms with E-state index in [0.29, 0.717) is 4.41 Å². The minimum absolute atomic E-state index is 0.0148. The zero-order chi connectivity index (χ0) is 18.7. The smallest absolute Gasteiger partial charge is 0.349 e. The van der Waals surface area contributed by atoms with Gasteiger partial charge in [-0.1, -0.05) is 30.3 Å². The first-order chi connectivity index (χ1) is 11.6. The molecular formula is C16H23N3O5S. The number of hydrogen-bond donors (Lipinski definition) is 1. The molecule has 1 N–H and O–H groups in total. The summed E-state index contributed by atoms with van der Waals surface area (Å²) in [6.45, 7) is 5.42. The number of carbonyl (C=O) groups excluding carboxylic acids is 2. The summed E-state index contributed by atoms with van der Waals surface area (Å²) in [5.74, 6) is -0.870. The molecule has 1 saturated heterocycles. The van der Waals surface area contributed by atoms with Crippen LogP contribution in [0.4, 0.5) is 4.79 Å². The molecule has 138 valence electrons. The second kappa shape index (κ2) is 7.40. The Morgan fingerprint density at radius 3 is 2.48 bits per heavy atom. The minimum atomic E-state index is -3.79. The van der Waals surface area contributed by atoms with Gasteiger partial charge >= 0.3 is 12.0 Å². The summed E-state index contributed by atoms with van der Waals surface area (Å²) in [6, 6.07) is 8.46. The molecule has 1 aromatic carbocycles. The van der Waals surface area contributed by atoms with Crippen LogP contribution in [0.3, 0.4) is 0 Å². The fourth-order valence-corrected chi connectivity index (χ4v) is 3.64. The van der Waals surface area contributed by atoms with Crippen LogP contribution >= 0.6 is 0 Å². The minimum Gasteiger partial charge on any atom is -0.460 e.